The van der Waals surface area contributed by atoms with Gasteiger partial charge in [0.1, 0.15) is 11.9 Å². The molecule has 2 heterocycles. The monoisotopic (exact) mass is 363 g/mol. The van der Waals surface area contributed by atoms with Gasteiger partial charge in [0, 0.05) is 32.4 Å². The summed E-state index contributed by atoms with van der Waals surface area (Å²) in [4.78, 5) is 20.8. The first-order chi connectivity index (χ1) is 13.1. The third-order valence-corrected chi connectivity index (χ3v) is 5.00. The second kappa shape index (κ2) is 8.54. The highest BCUT2D eigenvalue weighted by molar-refractivity contribution is 5.75. The smallest absolute Gasteiger partial charge is 0.317 e. The van der Waals surface area contributed by atoms with Gasteiger partial charge in [0.05, 0.1) is 11.6 Å². The fourth-order valence-corrected chi connectivity index (χ4v) is 3.26. The number of aryl methyl sites for hydroxylation is 1. The van der Waals surface area contributed by atoms with Crippen LogP contribution in [0, 0.1) is 11.3 Å². The van der Waals surface area contributed by atoms with Crippen LogP contribution in [0.3, 0.4) is 0 Å². The van der Waals surface area contributed by atoms with E-state index in [0.29, 0.717) is 37.6 Å². The molecule has 3 rings (SSSR count). The molecular formula is C21H25N5O. The third kappa shape index (κ3) is 4.37. The maximum Gasteiger partial charge on any atom is 0.317 e. The van der Waals surface area contributed by atoms with Crippen molar-refractivity contribution in [2.24, 2.45) is 0 Å². The van der Waals surface area contributed by atoms with Crippen molar-refractivity contribution in [3.63, 3.8) is 0 Å². The van der Waals surface area contributed by atoms with Crippen molar-refractivity contribution >= 4 is 11.8 Å². The first kappa shape index (κ1) is 18.7. The van der Waals surface area contributed by atoms with Crippen molar-refractivity contribution in [1.29, 1.82) is 5.26 Å². The summed E-state index contributed by atoms with van der Waals surface area (Å²) in [5, 5.41) is 12.3. The van der Waals surface area contributed by atoms with E-state index in [4.69, 9.17) is 0 Å². The van der Waals surface area contributed by atoms with Crippen molar-refractivity contribution in [3.8, 4) is 6.07 Å². The number of aromatic nitrogens is 1. The van der Waals surface area contributed by atoms with E-state index in [2.05, 4.69) is 52.5 Å². The van der Waals surface area contributed by atoms with E-state index in [1.165, 1.54) is 5.56 Å². The zero-order chi connectivity index (χ0) is 19.2. The molecule has 1 N–H and O–H groups in total. The number of hydrogen-bond acceptors (Lipinski definition) is 4. The number of nitrogens with one attached hydrogen (secondary N) is 1. The van der Waals surface area contributed by atoms with Crippen LogP contribution in [-0.4, -0.2) is 42.1 Å². The molecule has 2 amide bonds. The van der Waals surface area contributed by atoms with Crippen LogP contribution in [0.1, 0.15) is 36.6 Å². The molecule has 0 saturated carbocycles. The SMILES string of the molecule is CCc1ccc(C(C)NC(=O)N2CCN(c3ncccc3C#N)CC2)cc1. The number of rotatable bonds is 4. The fourth-order valence-electron chi connectivity index (χ4n) is 3.26. The maximum absolute atomic E-state index is 12.6. The summed E-state index contributed by atoms with van der Waals surface area (Å²) in [6.45, 7) is 6.67. The molecule has 1 aromatic heterocycles. The van der Waals surface area contributed by atoms with Crippen LogP contribution >= 0.6 is 0 Å². The molecule has 0 aliphatic carbocycles. The summed E-state index contributed by atoms with van der Waals surface area (Å²) in [6.07, 6.45) is 2.70. The molecule has 2 aromatic rings. The van der Waals surface area contributed by atoms with Gasteiger partial charge in [0.25, 0.3) is 0 Å². The minimum absolute atomic E-state index is 0.0394. The number of urea groups is 1. The average Bonchev–Trinajstić information content (AvgIpc) is 2.73. The van der Waals surface area contributed by atoms with Crippen LogP contribution in [0.25, 0.3) is 0 Å². The molecule has 1 aliphatic heterocycles. The molecule has 140 valence electrons. The fraction of sp³-hybridized carbons (Fsp3) is 0.381. The number of hydrogen-bond donors (Lipinski definition) is 1. The van der Waals surface area contributed by atoms with Gasteiger partial charge in [-0.05, 0) is 36.6 Å². The summed E-state index contributed by atoms with van der Waals surface area (Å²) in [6, 6.07) is 14.0. The Hall–Kier alpha value is -3.07. The number of nitriles is 1. The number of nitrogens with zero attached hydrogens (tertiary/aromatic N) is 4. The number of anilines is 1. The lowest BCUT2D eigenvalue weighted by molar-refractivity contribution is 0.191. The minimum atomic E-state index is -0.0526. The van der Waals surface area contributed by atoms with E-state index in [-0.39, 0.29) is 12.1 Å². The molecule has 6 heteroatoms. The molecule has 6 nitrogen and oxygen atoms in total. The first-order valence-corrected chi connectivity index (χ1v) is 9.36. The topological polar surface area (TPSA) is 72.3 Å². The normalized spacial score (nSPS) is 15.1. The zero-order valence-electron chi connectivity index (χ0n) is 15.9. The van der Waals surface area contributed by atoms with E-state index in [1.807, 2.05) is 11.8 Å². The van der Waals surface area contributed by atoms with Crippen LogP contribution in [0.4, 0.5) is 10.6 Å². The Kier molecular flexibility index (Phi) is 5.92. The van der Waals surface area contributed by atoms with Crippen LogP contribution in [0.15, 0.2) is 42.6 Å². The van der Waals surface area contributed by atoms with Gasteiger partial charge in [-0.15, -0.1) is 0 Å². The number of carbonyl (C=O) groups is 1. The van der Waals surface area contributed by atoms with E-state index < -0.39 is 0 Å². The van der Waals surface area contributed by atoms with Gasteiger partial charge < -0.3 is 15.1 Å². The lowest BCUT2D eigenvalue weighted by atomic mass is 10.1. The van der Waals surface area contributed by atoms with Crippen LogP contribution in [0.2, 0.25) is 0 Å². The Bertz CT molecular complexity index is 819. The van der Waals surface area contributed by atoms with E-state index in [0.717, 1.165) is 12.0 Å². The van der Waals surface area contributed by atoms with Gasteiger partial charge in [-0.3, -0.25) is 0 Å². The summed E-state index contributed by atoms with van der Waals surface area (Å²) >= 11 is 0. The molecule has 1 unspecified atom stereocenters. The van der Waals surface area contributed by atoms with Gasteiger partial charge in [-0.2, -0.15) is 5.26 Å². The predicted octanol–water partition coefficient (Wildman–Crippen LogP) is 3.11. The molecule has 1 fully saturated rings. The van der Waals surface area contributed by atoms with Crippen LogP contribution in [0.5, 0.6) is 0 Å². The van der Waals surface area contributed by atoms with Gasteiger partial charge in [0.2, 0.25) is 0 Å². The molecule has 1 aliphatic rings. The third-order valence-electron chi connectivity index (χ3n) is 5.00. The number of piperazine rings is 1. The van der Waals surface area contributed by atoms with Gasteiger partial charge in [-0.1, -0.05) is 31.2 Å². The summed E-state index contributed by atoms with van der Waals surface area (Å²) < 4.78 is 0. The Morgan fingerprint density at radius 1 is 1.22 bits per heavy atom. The quantitative estimate of drug-likeness (QED) is 0.906. The second-order valence-electron chi connectivity index (χ2n) is 6.73. The number of carbonyl (C=O) groups excluding carboxylic acids is 1. The molecule has 1 saturated heterocycles. The van der Waals surface area contributed by atoms with Crippen molar-refractivity contribution in [1.82, 2.24) is 15.2 Å². The van der Waals surface area contributed by atoms with Crippen molar-refractivity contribution < 1.29 is 4.79 Å². The van der Waals surface area contributed by atoms with Crippen molar-refractivity contribution in [2.75, 3.05) is 31.1 Å². The molecule has 1 atom stereocenters. The maximum atomic E-state index is 12.6. The predicted molar refractivity (Wildman–Crippen MR) is 106 cm³/mol. The van der Waals surface area contributed by atoms with E-state index in [1.54, 1.807) is 18.3 Å². The average molecular weight is 363 g/mol. The number of pyridine rings is 1. The Labute approximate surface area is 160 Å². The first-order valence-electron chi connectivity index (χ1n) is 9.36. The van der Waals surface area contributed by atoms with E-state index in [9.17, 15) is 10.1 Å². The lowest BCUT2D eigenvalue weighted by Crippen LogP contribution is -2.52. The lowest BCUT2D eigenvalue weighted by Gasteiger charge is -2.36. The van der Waals surface area contributed by atoms with Gasteiger partial charge in [-0.25, -0.2) is 9.78 Å². The summed E-state index contributed by atoms with van der Waals surface area (Å²) in [7, 11) is 0. The van der Waals surface area contributed by atoms with Crippen molar-refractivity contribution in [3.05, 3.63) is 59.3 Å². The Morgan fingerprint density at radius 3 is 2.56 bits per heavy atom. The highest BCUT2D eigenvalue weighted by atomic mass is 16.2. The minimum Gasteiger partial charge on any atom is -0.352 e. The summed E-state index contributed by atoms with van der Waals surface area (Å²) in [5.74, 6) is 0.699. The van der Waals surface area contributed by atoms with Crippen LogP contribution < -0.4 is 10.2 Å². The molecule has 0 bridgehead atoms. The van der Waals surface area contributed by atoms with Crippen molar-refractivity contribution in [2.45, 2.75) is 26.3 Å². The zero-order valence-corrected chi connectivity index (χ0v) is 15.9. The number of amides is 2. The summed E-state index contributed by atoms with van der Waals surface area (Å²) in [5.41, 5.74) is 2.96. The van der Waals surface area contributed by atoms with E-state index >= 15 is 0 Å². The Morgan fingerprint density at radius 2 is 1.93 bits per heavy atom. The van der Waals surface area contributed by atoms with Crippen LogP contribution in [-0.2, 0) is 6.42 Å². The van der Waals surface area contributed by atoms with Gasteiger partial charge >= 0.3 is 6.03 Å². The number of benzene rings is 1. The molecule has 27 heavy (non-hydrogen) atoms. The van der Waals surface area contributed by atoms with Gasteiger partial charge in [0.15, 0.2) is 0 Å². The molecule has 0 radical (unpaired) electrons. The standard InChI is InChI=1S/C21H25N5O/c1-3-17-6-8-18(9-7-17)16(2)24-21(27)26-13-11-25(12-14-26)20-19(15-22)5-4-10-23-20/h4-10,16H,3,11-14H2,1-2H3,(H,24,27). The Balaban J connectivity index is 1.56. The largest absolute Gasteiger partial charge is 0.352 e. The molecule has 0 spiro atoms. The second-order valence-corrected chi connectivity index (χ2v) is 6.73. The highest BCUT2D eigenvalue weighted by Crippen LogP contribution is 2.19. The highest BCUT2D eigenvalue weighted by Gasteiger charge is 2.24. The molecular weight excluding hydrogens is 338 g/mol. The molecule has 1 aromatic carbocycles.